The van der Waals surface area contributed by atoms with Gasteiger partial charge in [-0.05, 0) is 50.8 Å². The molecule has 2 rings (SSSR count). The Morgan fingerprint density at radius 1 is 1.16 bits per heavy atom. The van der Waals surface area contributed by atoms with Crippen LogP contribution in [0.4, 0.5) is 4.79 Å². The molecule has 3 amide bonds. The molecule has 4 N–H and O–H groups in total. The predicted molar refractivity (Wildman–Crippen MR) is 143 cm³/mol. The second-order valence-electron chi connectivity index (χ2n) is 11.5. The van der Waals surface area contributed by atoms with E-state index >= 15 is 0 Å². The molecule has 1 aliphatic rings. The van der Waals surface area contributed by atoms with Gasteiger partial charge in [-0.2, -0.15) is 0 Å². The van der Waals surface area contributed by atoms with E-state index < -0.39 is 40.8 Å². The molecule has 1 unspecified atom stereocenters. The molecule has 1 heterocycles. The molecular formula is C27H42ClN3O7. The third-order valence-electron chi connectivity index (χ3n) is 6.78. The molecule has 0 bridgehead atoms. The second-order valence-corrected chi connectivity index (χ2v) is 11.9. The average Bonchev–Trinajstić information content (AvgIpc) is 2.81. The van der Waals surface area contributed by atoms with E-state index in [2.05, 4.69) is 10.6 Å². The first-order valence-electron chi connectivity index (χ1n) is 12.8. The van der Waals surface area contributed by atoms with Crippen molar-refractivity contribution in [3.05, 3.63) is 34.9 Å². The maximum absolute atomic E-state index is 13.6. The van der Waals surface area contributed by atoms with Crippen LogP contribution in [0.3, 0.4) is 0 Å². The quantitative estimate of drug-likeness (QED) is 0.257. The predicted octanol–water partition coefficient (Wildman–Crippen LogP) is 2.79. The van der Waals surface area contributed by atoms with Crippen molar-refractivity contribution in [1.82, 2.24) is 15.5 Å². The highest BCUT2D eigenvalue weighted by molar-refractivity contribution is 6.30. The number of esters is 1. The lowest BCUT2D eigenvalue weighted by Gasteiger charge is -2.53. The number of benzene rings is 1. The monoisotopic (exact) mass is 555 g/mol. The number of carbonyl (C=O) groups is 3. The third kappa shape index (κ3) is 8.05. The zero-order valence-corrected chi connectivity index (χ0v) is 24.1. The van der Waals surface area contributed by atoms with Crippen LogP contribution in [0.25, 0.3) is 0 Å². The van der Waals surface area contributed by atoms with Crippen LogP contribution in [0.2, 0.25) is 5.02 Å². The molecule has 3 atom stereocenters. The van der Waals surface area contributed by atoms with E-state index in [1.807, 2.05) is 39.8 Å². The lowest BCUT2D eigenvalue weighted by Crippen LogP contribution is -2.62. The van der Waals surface area contributed by atoms with Crippen LogP contribution < -0.4 is 10.6 Å². The number of carbonyl (C=O) groups excluding carboxylic acids is 3. The van der Waals surface area contributed by atoms with Crippen molar-refractivity contribution in [2.45, 2.75) is 78.2 Å². The summed E-state index contributed by atoms with van der Waals surface area (Å²) < 4.78 is 11.4. The number of urea groups is 1. The molecule has 38 heavy (non-hydrogen) atoms. The highest BCUT2D eigenvalue weighted by atomic mass is 35.5. The summed E-state index contributed by atoms with van der Waals surface area (Å²) in [7, 11) is 0. The van der Waals surface area contributed by atoms with Gasteiger partial charge < -0.3 is 35.2 Å². The maximum Gasteiger partial charge on any atom is 0.336 e. The smallest absolute Gasteiger partial charge is 0.336 e. The number of hydrogen-bond donors (Lipinski definition) is 4. The fraction of sp³-hybridized carbons (Fsp3) is 0.667. The zero-order valence-electron chi connectivity index (χ0n) is 23.3. The SMILES string of the molecule is CC(O)C(=O)OCO[C@]1(c2ccc(Cl)cc2)CCN(C(=O)[C@H](NC(=O)NCC(C)(C)O)C(C)C)CC1(C)C. The number of likely N-dealkylation sites (tertiary alicyclic amines) is 1. The van der Waals surface area contributed by atoms with Gasteiger partial charge in [0, 0.05) is 30.1 Å². The molecule has 1 fully saturated rings. The molecule has 0 aromatic heterocycles. The van der Waals surface area contributed by atoms with Crippen molar-refractivity contribution in [3.8, 4) is 0 Å². The highest BCUT2D eigenvalue weighted by Crippen LogP contribution is 2.49. The number of piperidine rings is 1. The zero-order chi connectivity index (χ0) is 28.9. The molecule has 214 valence electrons. The van der Waals surface area contributed by atoms with E-state index in [9.17, 15) is 24.6 Å². The van der Waals surface area contributed by atoms with Gasteiger partial charge in [0.2, 0.25) is 5.91 Å². The summed E-state index contributed by atoms with van der Waals surface area (Å²) in [6.07, 6.45) is -0.895. The molecule has 1 aromatic rings. The Morgan fingerprint density at radius 2 is 1.76 bits per heavy atom. The van der Waals surface area contributed by atoms with Gasteiger partial charge in [-0.3, -0.25) is 4.79 Å². The Labute approximate surface area is 230 Å². The maximum atomic E-state index is 13.6. The van der Waals surface area contributed by atoms with Gasteiger partial charge in [-0.1, -0.05) is 51.4 Å². The minimum Gasteiger partial charge on any atom is -0.437 e. The number of hydrogen-bond acceptors (Lipinski definition) is 7. The number of ether oxygens (including phenoxy) is 2. The van der Waals surface area contributed by atoms with E-state index in [0.29, 0.717) is 24.5 Å². The molecule has 1 aromatic carbocycles. The Bertz CT molecular complexity index is 976. The number of aliphatic hydroxyl groups is 2. The number of rotatable bonds is 10. The van der Waals surface area contributed by atoms with Crippen LogP contribution >= 0.6 is 11.6 Å². The van der Waals surface area contributed by atoms with Crippen LogP contribution in [-0.4, -0.2) is 77.2 Å². The third-order valence-corrected chi connectivity index (χ3v) is 7.04. The summed E-state index contributed by atoms with van der Waals surface area (Å²) in [5.74, 6) is -1.20. The van der Waals surface area contributed by atoms with Crippen molar-refractivity contribution in [1.29, 1.82) is 0 Å². The Kier molecular flexibility index (Phi) is 10.6. The summed E-state index contributed by atoms with van der Waals surface area (Å²) in [4.78, 5) is 39.6. The van der Waals surface area contributed by atoms with Crippen molar-refractivity contribution in [2.75, 3.05) is 26.4 Å². The van der Waals surface area contributed by atoms with Gasteiger partial charge in [0.05, 0.1) is 5.60 Å². The van der Waals surface area contributed by atoms with E-state index in [-0.39, 0.29) is 25.2 Å². The lowest BCUT2D eigenvalue weighted by molar-refractivity contribution is -0.221. The van der Waals surface area contributed by atoms with E-state index in [1.54, 1.807) is 30.9 Å². The lowest BCUT2D eigenvalue weighted by atomic mass is 9.66. The molecule has 1 aliphatic heterocycles. The number of nitrogens with one attached hydrogen (secondary N) is 2. The topological polar surface area (TPSA) is 137 Å². The Hall–Kier alpha value is -2.40. The first kappa shape index (κ1) is 31.8. The Morgan fingerprint density at radius 3 is 2.26 bits per heavy atom. The van der Waals surface area contributed by atoms with E-state index in [1.165, 1.54) is 6.92 Å². The summed E-state index contributed by atoms with van der Waals surface area (Å²) in [6, 6.07) is 5.90. The summed E-state index contributed by atoms with van der Waals surface area (Å²) in [6.45, 7) is 12.4. The van der Waals surface area contributed by atoms with Crippen LogP contribution in [-0.2, 0) is 24.7 Å². The highest BCUT2D eigenvalue weighted by Gasteiger charge is 2.53. The summed E-state index contributed by atoms with van der Waals surface area (Å²) >= 11 is 6.12. The number of halogens is 1. The number of amides is 3. The molecule has 11 heteroatoms. The molecule has 10 nitrogen and oxygen atoms in total. The number of aliphatic hydroxyl groups excluding tert-OH is 1. The summed E-state index contributed by atoms with van der Waals surface area (Å²) in [5.41, 5.74) is -1.86. The van der Waals surface area contributed by atoms with Gasteiger partial charge >= 0.3 is 12.0 Å². The molecule has 0 spiro atoms. The van der Waals surface area contributed by atoms with E-state index in [4.69, 9.17) is 21.1 Å². The van der Waals surface area contributed by atoms with Gasteiger partial charge in [0.1, 0.15) is 17.7 Å². The first-order chi connectivity index (χ1) is 17.5. The molecule has 1 saturated heterocycles. The fourth-order valence-electron chi connectivity index (χ4n) is 4.62. The van der Waals surface area contributed by atoms with Crippen LogP contribution in [0.5, 0.6) is 0 Å². The van der Waals surface area contributed by atoms with Crippen LogP contribution in [0.15, 0.2) is 24.3 Å². The largest absolute Gasteiger partial charge is 0.437 e. The second kappa shape index (κ2) is 12.6. The van der Waals surface area contributed by atoms with Gasteiger partial charge in [-0.25, -0.2) is 9.59 Å². The van der Waals surface area contributed by atoms with Gasteiger partial charge in [0.15, 0.2) is 6.79 Å². The van der Waals surface area contributed by atoms with Crippen LogP contribution in [0.1, 0.15) is 60.5 Å². The standard InChI is InChI=1S/C27H42ClN3O7/c1-17(2)21(30-24(35)29-14-26(6,7)36)22(33)31-13-12-27(25(4,5)15-31,19-8-10-20(28)11-9-19)38-16-37-23(34)18(3)32/h8-11,17-18,21,32,36H,12-16H2,1-7H3,(H2,29,30,35)/t18?,21-,27+/m1/s1. The van der Waals surface area contributed by atoms with E-state index in [0.717, 1.165) is 5.56 Å². The Balaban J connectivity index is 2.25. The van der Waals surface area contributed by atoms with Crippen molar-refractivity contribution in [3.63, 3.8) is 0 Å². The average molecular weight is 556 g/mol. The minimum absolute atomic E-state index is 0.0369. The molecular weight excluding hydrogens is 514 g/mol. The fourth-order valence-corrected chi connectivity index (χ4v) is 4.74. The molecule has 0 saturated carbocycles. The van der Waals surface area contributed by atoms with Crippen molar-refractivity contribution >= 4 is 29.5 Å². The van der Waals surface area contributed by atoms with Crippen molar-refractivity contribution in [2.24, 2.45) is 11.3 Å². The number of nitrogens with zero attached hydrogens (tertiary/aromatic N) is 1. The normalized spacial score (nSPS) is 21.0. The van der Waals surface area contributed by atoms with Gasteiger partial charge in [-0.15, -0.1) is 0 Å². The molecule has 0 radical (unpaired) electrons. The molecule has 0 aliphatic carbocycles. The van der Waals surface area contributed by atoms with Gasteiger partial charge in [0.25, 0.3) is 0 Å². The summed E-state index contributed by atoms with van der Waals surface area (Å²) in [5, 5.41) is 25.3. The van der Waals surface area contributed by atoms with Crippen molar-refractivity contribution < 1.29 is 34.1 Å². The minimum atomic E-state index is -1.28. The first-order valence-corrected chi connectivity index (χ1v) is 13.2. The van der Waals surface area contributed by atoms with Crippen LogP contribution in [0, 0.1) is 11.3 Å².